The lowest BCUT2D eigenvalue weighted by Crippen LogP contribution is -2.42. The lowest BCUT2D eigenvalue weighted by atomic mass is 9.91. The summed E-state index contributed by atoms with van der Waals surface area (Å²) in [4.78, 5) is 10.7. The number of nitrogens with one attached hydrogen (secondary N) is 1. The highest BCUT2D eigenvalue weighted by atomic mass is 127. The summed E-state index contributed by atoms with van der Waals surface area (Å²) in [6.07, 6.45) is 4.23. The van der Waals surface area contributed by atoms with Crippen molar-refractivity contribution in [3.63, 3.8) is 0 Å². The topological polar surface area (TPSA) is 81.2 Å². The van der Waals surface area contributed by atoms with E-state index in [0.29, 0.717) is 5.69 Å². The number of benzene rings is 1. The zero-order valence-corrected chi connectivity index (χ0v) is 12.1. The summed E-state index contributed by atoms with van der Waals surface area (Å²) in [7, 11) is 0. The normalized spacial score (nSPS) is 23.7. The lowest BCUT2D eigenvalue weighted by Gasteiger charge is -2.30. The molecule has 6 heteroatoms. The summed E-state index contributed by atoms with van der Waals surface area (Å²) in [6.45, 7) is 0. The van der Waals surface area contributed by atoms with Gasteiger partial charge in [-0.05, 0) is 47.6 Å². The fourth-order valence-corrected chi connectivity index (χ4v) is 2.79. The van der Waals surface area contributed by atoms with E-state index in [9.17, 15) is 10.1 Å². The molecule has 0 radical (unpaired) electrons. The third kappa shape index (κ3) is 3.11. The summed E-state index contributed by atoms with van der Waals surface area (Å²) < 4.78 is 0.859. The Balaban J connectivity index is 2.20. The van der Waals surface area contributed by atoms with Gasteiger partial charge in [0.2, 0.25) is 0 Å². The van der Waals surface area contributed by atoms with Gasteiger partial charge >= 0.3 is 0 Å². The lowest BCUT2D eigenvalue weighted by molar-refractivity contribution is -0.384. The van der Waals surface area contributed by atoms with E-state index in [4.69, 9.17) is 5.73 Å². The number of halogens is 1. The van der Waals surface area contributed by atoms with Gasteiger partial charge in [0.25, 0.3) is 5.69 Å². The highest BCUT2D eigenvalue weighted by Crippen LogP contribution is 2.29. The summed E-state index contributed by atoms with van der Waals surface area (Å²) in [5.74, 6) is 0. The maximum absolute atomic E-state index is 11.0. The van der Waals surface area contributed by atoms with Crippen LogP contribution in [0.25, 0.3) is 0 Å². The third-order valence-electron chi connectivity index (χ3n) is 3.32. The van der Waals surface area contributed by atoms with Crippen LogP contribution in [0, 0.1) is 13.7 Å². The van der Waals surface area contributed by atoms with Crippen molar-refractivity contribution in [3.8, 4) is 0 Å². The second-order valence-corrected chi connectivity index (χ2v) is 5.86. The maximum Gasteiger partial charge on any atom is 0.293 e. The van der Waals surface area contributed by atoms with E-state index in [0.717, 1.165) is 29.3 Å². The van der Waals surface area contributed by atoms with Gasteiger partial charge in [-0.25, -0.2) is 0 Å². The van der Waals surface area contributed by atoms with Crippen LogP contribution in [0.2, 0.25) is 0 Å². The first-order valence-corrected chi connectivity index (χ1v) is 7.12. The number of hydrogen-bond acceptors (Lipinski definition) is 4. The molecule has 18 heavy (non-hydrogen) atoms. The molecule has 0 heterocycles. The van der Waals surface area contributed by atoms with E-state index < -0.39 is 0 Å². The zero-order valence-electron chi connectivity index (χ0n) is 9.93. The fourth-order valence-electron chi connectivity index (χ4n) is 2.32. The first-order chi connectivity index (χ1) is 8.58. The summed E-state index contributed by atoms with van der Waals surface area (Å²) >= 11 is 2.07. The van der Waals surface area contributed by atoms with Gasteiger partial charge in [0.15, 0.2) is 0 Å². The van der Waals surface area contributed by atoms with Crippen molar-refractivity contribution in [3.05, 3.63) is 31.9 Å². The van der Waals surface area contributed by atoms with Crippen molar-refractivity contribution in [2.24, 2.45) is 5.73 Å². The molecule has 0 aromatic heterocycles. The first-order valence-electron chi connectivity index (χ1n) is 6.04. The Bertz CT molecular complexity index is 453. The molecule has 0 aliphatic heterocycles. The van der Waals surface area contributed by atoms with Crippen LogP contribution in [0.3, 0.4) is 0 Å². The molecule has 0 amide bonds. The van der Waals surface area contributed by atoms with Gasteiger partial charge in [-0.1, -0.05) is 12.8 Å². The number of hydrogen-bond donors (Lipinski definition) is 2. The minimum absolute atomic E-state index is 0.0811. The number of rotatable bonds is 3. The van der Waals surface area contributed by atoms with Crippen molar-refractivity contribution < 1.29 is 4.92 Å². The Labute approximate surface area is 119 Å². The van der Waals surface area contributed by atoms with Crippen LogP contribution in [0.1, 0.15) is 25.7 Å². The van der Waals surface area contributed by atoms with Gasteiger partial charge in [0.1, 0.15) is 5.69 Å². The molecule has 1 aromatic rings. The van der Waals surface area contributed by atoms with Crippen molar-refractivity contribution in [2.75, 3.05) is 5.32 Å². The van der Waals surface area contributed by atoms with E-state index in [1.54, 1.807) is 12.1 Å². The highest BCUT2D eigenvalue weighted by Gasteiger charge is 2.24. The van der Waals surface area contributed by atoms with Crippen molar-refractivity contribution in [1.29, 1.82) is 0 Å². The standard InChI is InChI=1S/C12H16IN3O2/c13-8-5-6-11(12(7-8)16(17)18)15-10-4-2-1-3-9(10)14/h5-7,9-10,15H,1-4,14H2. The average Bonchev–Trinajstić information content (AvgIpc) is 2.34. The predicted molar refractivity (Wildman–Crippen MR) is 79.7 cm³/mol. The van der Waals surface area contributed by atoms with Gasteiger partial charge in [-0.15, -0.1) is 0 Å². The van der Waals surface area contributed by atoms with E-state index in [-0.39, 0.29) is 22.7 Å². The Morgan fingerprint density at radius 3 is 2.78 bits per heavy atom. The van der Waals surface area contributed by atoms with Crippen LogP contribution in [0.15, 0.2) is 18.2 Å². The molecule has 2 rings (SSSR count). The zero-order chi connectivity index (χ0) is 13.1. The minimum atomic E-state index is -0.348. The van der Waals surface area contributed by atoms with Gasteiger partial charge in [0, 0.05) is 21.7 Å². The Morgan fingerprint density at radius 1 is 1.39 bits per heavy atom. The van der Waals surface area contributed by atoms with Gasteiger partial charge in [-0.2, -0.15) is 0 Å². The molecule has 5 nitrogen and oxygen atoms in total. The SMILES string of the molecule is NC1CCCCC1Nc1ccc(I)cc1[N+](=O)[O-]. The highest BCUT2D eigenvalue weighted by molar-refractivity contribution is 14.1. The molecule has 1 aliphatic rings. The van der Waals surface area contributed by atoms with Crippen molar-refractivity contribution in [1.82, 2.24) is 0 Å². The predicted octanol–water partition coefficient (Wildman–Crippen LogP) is 2.88. The quantitative estimate of drug-likeness (QED) is 0.493. The molecule has 0 bridgehead atoms. The molecular formula is C12H16IN3O2. The summed E-state index contributed by atoms with van der Waals surface area (Å²) in [5, 5.41) is 14.3. The van der Waals surface area contributed by atoms with Crippen LogP contribution in [-0.2, 0) is 0 Å². The summed E-state index contributed by atoms with van der Waals surface area (Å²) in [5.41, 5.74) is 6.75. The smallest absolute Gasteiger partial charge is 0.293 e. The van der Waals surface area contributed by atoms with Crippen LogP contribution in [0.5, 0.6) is 0 Å². The third-order valence-corrected chi connectivity index (χ3v) is 3.99. The number of nitrogens with zero attached hydrogens (tertiary/aromatic N) is 1. The number of nitro groups is 1. The van der Waals surface area contributed by atoms with Crippen molar-refractivity contribution in [2.45, 2.75) is 37.8 Å². The van der Waals surface area contributed by atoms with E-state index in [2.05, 4.69) is 27.9 Å². The van der Waals surface area contributed by atoms with E-state index in [1.165, 1.54) is 0 Å². The molecule has 3 N–H and O–H groups in total. The Kier molecular flexibility index (Phi) is 4.39. The Hall–Kier alpha value is -0.890. The summed E-state index contributed by atoms with van der Waals surface area (Å²) in [6, 6.07) is 5.43. The molecule has 1 aliphatic carbocycles. The van der Waals surface area contributed by atoms with Crippen LogP contribution < -0.4 is 11.1 Å². The second-order valence-electron chi connectivity index (χ2n) is 4.62. The molecule has 2 unspecified atom stereocenters. The van der Waals surface area contributed by atoms with E-state index in [1.807, 2.05) is 6.07 Å². The number of nitro benzene ring substituents is 1. The molecule has 0 saturated heterocycles. The van der Waals surface area contributed by atoms with Gasteiger partial charge < -0.3 is 11.1 Å². The number of anilines is 1. The fraction of sp³-hybridized carbons (Fsp3) is 0.500. The number of nitrogens with two attached hydrogens (primary N) is 1. The van der Waals surface area contributed by atoms with Gasteiger partial charge in [-0.3, -0.25) is 10.1 Å². The second kappa shape index (κ2) is 5.83. The first kappa shape index (κ1) is 13.5. The molecular weight excluding hydrogens is 345 g/mol. The Morgan fingerprint density at radius 2 is 2.11 bits per heavy atom. The van der Waals surface area contributed by atoms with Crippen molar-refractivity contribution >= 4 is 34.0 Å². The average molecular weight is 361 g/mol. The molecule has 1 saturated carbocycles. The van der Waals surface area contributed by atoms with Crippen LogP contribution >= 0.6 is 22.6 Å². The molecule has 98 valence electrons. The van der Waals surface area contributed by atoms with Crippen LogP contribution in [-0.4, -0.2) is 17.0 Å². The largest absolute Gasteiger partial charge is 0.375 e. The minimum Gasteiger partial charge on any atom is -0.375 e. The molecule has 0 spiro atoms. The van der Waals surface area contributed by atoms with E-state index >= 15 is 0 Å². The van der Waals surface area contributed by atoms with Gasteiger partial charge in [0.05, 0.1) is 4.92 Å². The molecule has 2 atom stereocenters. The molecule has 1 aromatic carbocycles. The monoisotopic (exact) mass is 361 g/mol. The molecule has 1 fully saturated rings. The maximum atomic E-state index is 11.0. The van der Waals surface area contributed by atoms with Crippen LogP contribution in [0.4, 0.5) is 11.4 Å².